The van der Waals surface area contributed by atoms with Crippen molar-refractivity contribution in [2.75, 3.05) is 0 Å². The van der Waals surface area contributed by atoms with Crippen LogP contribution in [0.2, 0.25) is 0 Å². The first-order valence-corrected chi connectivity index (χ1v) is 4.58. The van der Waals surface area contributed by atoms with Crippen molar-refractivity contribution in [3.8, 4) is 0 Å². The van der Waals surface area contributed by atoms with Crippen molar-refractivity contribution < 1.29 is 0 Å². The summed E-state index contributed by atoms with van der Waals surface area (Å²) in [4.78, 5) is 2.50. The van der Waals surface area contributed by atoms with E-state index in [2.05, 4.69) is 49.1 Å². The van der Waals surface area contributed by atoms with Gasteiger partial charge in [0.05, 0.1) is 0 Å². The molecule has 1 saturated heterocycles. The molecule has 2 rings (SSSR count). The zero-order valence-electron chi connectivity index (χ0n) is 7.70. The molecule has 1 aliphatic heterocycles. The van der Waals surface area contributed by atoms with Crippen LogP contribution in [-0.2, 0) is 6.54 Å². The standard InChI is InChI=1S/C11H15N/c1-9-10(2)12(9)8-11-6-4-3-5-7-11/h3-7,9-10H,8H2,1-2H3/t9-,10+,12?. The summed E-state index contributed by atoms with van der Waals surface area (Å²) < 4.78 is 0. The maximum absolute atomic E-state index is 2.50. The summed E-state index contributed by atoms with van der Waals surface area (Å²) >= 11 is 0. The summed E-state index contributed by atoms with van der Waals surface area (Å²) in [6.07, 6.45) is 0. The van der Waals surface area contributed by atoms with Crippen molar-refractivity contribution in [2.24, 2.45) is 0 Å². The van der Waals surface area contributed by atoms with E-state index in [9.17, 15) is 0 Å². The van der Waals surface area contributed by atoms with Crippen LogP contribution in [0.4, 0.5) is 0 Å². The van der Waals surface area contributed by atoms with Gasteiger partial charge in [0.2, 0.25) is 0 Å². The largest absolute Gasteiger partial charge is 0.291 e. The average molecular weight is 161 g/mol. The molecule has 64 valence electrons. The van der Waals surface area contributed by atoms with Gasteiger partial charge in [0.1, 0.15) is 0 Å². The molecule has 1 heterocycles. The maximum atomic E-state index is 2.50. The second-order valence-electron chi connectivity index (χ2n) is 3.64. The Morgan fingerprint density at radius 1 is 1.08 bits per heavy atom. The molecular formula is C11H15N. The van der Waals surface area contributed by atoms with Gasteiger partial charge in [-0.05, 0) is 19.4 Å². The lowest BCUT2D eigenvalue weighted by atomic mass is 10.2. The Hall–Kier alpha value is -0.820. The summed E-state index contributed by atoms with van der Waals surface area (Å²) in [5.41, 5.74) is 1.42. The van der Waals surface area contributed by atoms with E-state index < -0.39 is 0 Å². The summed E-state index contributed by atoms with van der Waals surface area (Å²) in [6.45, 7) is 5.68. The van der Waals surface area contributed by atoms with Crippen molar-refractivity contribution in [1.29, 1.82) is 0 Å². The second-order valence-corrected chi connectivity index (χ2v) is 3.64. The Morgan fingerprint density at radius 3 is 2.17 bits per heavy atom. The van der Waals surface area contributed by atoms with E-state index in [1.807, 2.05) is 0 Å². The molecule has 0 spiro atoms. The van der Waals surface area contributed by atoms with E-state index in [-0.39, 0.29) is 0 Å². The van der Waals surface area contributed by atoms with E-state index in [0.29, 0.717) is 0 Å². The van der Waals surface area contributed by atoms with Gasteiger partial charge in [-0.1, -0.05) is 30.3 Å². The Bertz CT molecular complexity index is 247. The van der Waals surface area contributed by atoms with Gasteiger partial charge in [0.15, 0.2) is 0 Å². The Balaban J connectivity index is 1.97. The molecule has 0 radical (unpaired) electrons. The second kappa shape index (κ2) is 2.91. The van der Waals surface area contributed by atoms with Crippen LogP contribution in [0.3, 0.4) is 0 Å². The molecule has 1 aromatic carbocycles. The Labute approximate surface area is 74.0 Å². The molecule has 1 heteroatoms. The molecule has 0 bridgehead atoms. The lowest BCUT2D eigenvalue weighted by molar-refractivity contribution is 0.488. The van der Waals surface area contributed by atoms with Crippen LogP contribution in [0.25, 0.3) is 0 Å². The summed E-state index contributed by atoms with van der Waals surface area (Å²) in [5.74, 6) is 0. The predicted octanol–water partition coefficient (Wildman–Crippen LogP) is 2.28. The van der Waals surface area contributed by atoms with Crippen molar-refractivity contribution in [2.45, 2.75) is 32.5 Å². The molecule has 1 unspecified atom stereocenters. The molecular weight excluding hydrogens is 146 g/mol. The monoisotopic (exact) mass is 161 g/mol. The van der Waals surface area contributed by atoms with Gasteiger partial charge >= 0.3 is 0 Å². The number of hydrogen-bond donors (Lipinski definition) is 0. The van der Waals surface area contributed by atoms with E-state index in [1.54, 1.807) is 0 Å². The fraction of sp³-hybridized carbons (Fsp3) is 0.455. The normalized spacial score (nSPS) is 33.3. The summed E-state index contributed by atoms with van der Waals surface area (Å²) in [5, 5.41) is 0. The van der Waals surface area contributed by atoms with Gasteiger partial charge in [0, 0.05) is 18.6 Å². The third-order valence-corrected chi connectivity index (χ3v) is 2.86. The van der Waals surface area contributed by atoms with Gasteiger partial charge in [-0.2, -0.15) is 0 Å². The van der Waals surface area contributed by atoms with Crippen molar-refractivity contribution in [3.63, 3.8) is 0 Å². The molecule has 0 aromatic heterocycles. The highest BCUT2D eigenvalue weighted by molar-refractivity contribution is 5.16. The lowest BCUT2D eigenvalue weighted by Crippen LogP contribution is -2.00. The van der Waals surface area contributed by atoms with Crippen molar-refractivity contribution >= 4 is 0 Å². The van der Waals surface area contributed by atoms with Gasteiger partial charge in [0.25, 0.3) is 0 Å². The highest BCUT2D eigenvalue weighted by atomic mass is 15.3. The SMILES string of the molecule is C[C@@H]1[C@H](C)N1Cc1ccccc1. The first-order chi connectivity index (χ1) is 5.79. The average Bonchev–Trinajstić information content (AvgIpc) is 2.65. The zero-order chi connectivity index (χ0) is 8.55. The minimum absolute atomic E-state index is 0.783. The van der Waals surface area contributed by atoms with Crippen LogP contribution in [0, 0.1) is 0 Å². The summed E-state index contributed by atoms with van der Waals surface area (Å²) in [7, 11) is 0. The van der Waals surface area contributed by atoms with E-state index in [4.69, 9.17) is 0 Å². The molecule has 0 saturated carbocycles. The smallest absolute Gasteiger partial charge is 0.0240 e. The maximum Gasteiger partial charge on any atom is 0.0240 e. The van der Waals surface area contributed by atoms with Crippen LogP contribution in [0.1, 0.15) is 19.4 Å². The number of hydrogen-bond acceptors (Lipinski definition) is 1. The molecule has 0 N–H and O–H groups in total. The number of benzene rings is 1. The van der Waals surface area contributed by atoms with E-state index in [0.717, 1.165) is 18.6 Å². The van der Waals surface area contributed by atoms with Gasteiger partial charge in [-0.25, -0.2) is 0 Å². The Kier molecular flexibility index (Phi) is 1.89. The topological polar surface area (TPSA) is 3.01 Å². The summed E-state index contributed by atoms with van der Waals surface area (Å²) in [6, 6.07) is 12.2. The minimum atomic E-state index is 0.783. The van der Waals surface area contributed by atoms with Crippen LogP contribution in [0.5, 0.6) is 0 Å². The zero-order valence-corrected chi connectivity index (χ0v) is 7.70. The first kappa shape index (κ1) is 7.81. The van der Waals surface area contributed by atoms with Crippen molar-refractivity contribution in [3.05, 3.63) is 35.9 Å². The molecule has 12 heavy (non-hydrogen) atoms. The highest BCUT2D eigenvalue weighted by Gasteiger charge is 2.38. The molecule has 3 atom stereocenters. The van der Waals surface area contributed by atoms with Crippen LogP contribution in [-0.4, -0.2) is 17.0 Å². The van der Waals surface area contributed by atoms with Crippen LogP contribution < -0.4 is 0 Å². The number of nitrogens with zero attached hydrogens (tertiary/aromatic N) is 1. The van der Waals surface area contributed by atoms with Crippen LogP contribution >= 0.6 is 0 Å². The van der Waals surface area contributed by atoms with E-state index >= 15 is 0 Å². The molecule has 1 fully saturated rings. The van der Waals surface area contributed by atoms with E-state index in [1.165, 1.54) is 5.56 Å². The first-order valence-electron chi connectivity index (χ1n) is 4.58. The molecule has 1 aromatic rings. The van der Waals surface area contributed by atoms with Gasteiger partial charge in [-0.15, -0.1) is 0 Å². The minimum Gasteiger partial charge on any atom is -0.291 e. The molecule has 1 aliphatic rings. The third-order valence-electron chi connectivity index (χ3n) is 2.86. The quantitative estimate of drug-likeness (QED) is 0.601. The van der Waals surface area contributed by atoms with Crippen LogP contribution in [0.15, 0.2) is 30.3 Å². The third kappa shape index (κ3) is 1.37. The molecule has 1 nitrogen and oxygen atoms in total. The predicted molar refractivity (Wildman–Crippen MR) is 50.9 cm³/mol. The molecule has 0 aliphatic carbocycles. The Morgan fingerprint density at radius 2 is 1.67 bits per heavy atom. The fourth-order valence-electron chi connectivity index (χ4n) is 1.66. The van der Waals surface area contributed by atoms with Gasteiger partial charge < -0.3 is 0 Å². The van der Waals surface area contributed by atoms with Crippen molar-refractivity contribution in [1.82, 2.24) is 4.90 Å². The molecule has 0 amide bonds. The lowest BCUT2D eigenvalue weighted by Gasteiger charge is -2.01. The van der Waals surface area contributed by atoms with Gasteiger partial charge in [-0.3, -0.25) is 4.90 Å². The number of rotatable bonds is 2. The highest BCUT2D eigenvalue weighted by Crippen LogP contribution is 2.28. The fourth-order valence-corrected chi connectivity index (χ4v) is 1.66.